The molecule has 1 amide bonds. The second-order valence-corrected chi connectivity index (χ2v) is 4.76. The van der Waals surface area contributed by atoms with Crippen molar-refractivity contribution in [2.24, 2.45) is 0 Å². The van der Waals surface area contributed by atoms with Gasteiger partial charge in [-0.2, -0.15) is 0 Å². The summed E-state index contributed by atoms with van der Waals surface area (Å²) >= 11 is 3.46. The van der Waals surface area contributed by atoms with Crippen LogP contribution in [0.5, 0.6) is 0 Å². The zero-order chi connectivity index (χ0) is 13.5. The van der Waals surface area contributed by atoms with Gasteiger partial charge in [0.25, 0.3) is 0 Å². The Bertz CT molecular complexity index is 434. The molecule has 0 fully saturated rings. The van der Waals surface area contributed by atoms with Gasteiger partial charge in [-0.1, -0.05) is 34.1 Å². The first-order valence-electron chi connectivity index (χ1n) is 5.58. The summed E-state index contributed by atoms with van der Waals surface area (Å²) in [6.45, 7) is 0.568. The molecule has 0 spiro atoms. The average molecular weight is 314 g/mol. The molecule has 1 rings (SSSR count). The zero-order valence-electron chi connectivity index (χ0n) is 10.5. The van der Waals surface area contributed by atoms with Gasteiger partial charge in [-0.25, -0.2) is 0 Å². The summed E-state index contributed by atoms with van der Waals surface area (Å²) < 4.78 is 5.49. The van der Waals surface area contributed by atoms with Crippen molar-refractivity contribution in [3.8, 4) is 0 Å². The molecule has 0 atom stereocenters. The molecule has 0 N–H and O–H groups in total. The van der Waals surface area contributed by atoms with E-state index in [-0.39, 0.29) is 12.3 Å². The Hall–Kier alpha value is -1.36. The number of hydrogen-bond acceptors (Lipinski definition) is 3. The number of likely N-dealkylation sites (N-methyl/N-ethyl adjacent to an activating group) is 1. The van der Waals surface area contributed by atoms with Crippen LogP contribution >= 0.6 is 15.9 Å². The van der Waals surface area contributed by atoms with Crippen molar-refractivity contribution in [3.63, 3.8) is 0 Å². The molecule has 0 aliphatic heterocycles. The minimum Gasteiger partial charge on any atom is -0.469 e. The minimum atomic E-state index is -0.507. The third-order valence-electron chi connectivity index (χ3n) is 2.62. The number of rotatable bonds is 5. The van der Waals surface area contributed by atoms with E-state index in [0.717, 1.165) is 16.5 Å². The summed E-state index contributed by atoms with van der Waals surface area (Å²) in [7, 11) is 2.96. The Kier molecular flexibility index (Phi) is 5.85. The Labute approximate surface area is 115 Å². The highest BCUT2D eigenvalue weighted by Crippen LogP contribution is 2.16. The predicted octanol–water partition coefficient (Wildman–Crippen LogP) is 2.01. The molecule has 0 bridgehead atoms. The topological polar surface area (TPSA) is 46.6 Å². The number of benzene rings is 1. The predicted molar refractivity (Wildman–Crippen MR) is 72.1 cm³/mol. The molecular formula is C13H16BrNO3. The van der Waals surface area contributed by atoms with Crippen molar-refractivity contribution in [3.05, 3.63) is 34.3 Å². The number of hydrogen-bond donors (Lipinski definition) is 0. The number of nitrogens with zero attached hydrogens (tertiary/aromatic N) is 1. The van der Waals surface area contributed by atoms with Crippen molar-refractivity contribution in [1.82, 2.24) is 4.90 Å². The Morgan fingerprint density at radius 3 is 2.61 bits per heavy atom. The lowest BCUT2D eigenvalue weighted by Gasteiger charge is -2.16. The molecule has 0 aliphatic rings. The summed E-state index contributed by atoms with van der Waals surface area (Å²) in [6, 6.07) is 7.87. The number of carbonyl (C=O) groups is 2. The summed E-state index contributed by atoms with van der Waals surface area (Å²) in [4.78, 5) is 24.1. The first-order valence-corrected chi connectivity index (χ1v) is 6.38. The highest BCUT2D eigenvalue weighted by Gasteiger charge is 2.14. The van der Waals surface area contributed by atoms with E-state index in [1.807, 2.05) is 24.3 Å². The van der Waals surface area contributed by atoms with Crippen LogP contribution in [0, 0.1) is 0 Å². The van der Waals surface area contributed by atoms with Crippen LogP contribution in [0.3, 0.4) is 0 Å². The first-order chi connectivity index (χ1) is 8.54. The molecule has 0 aliphatic carbocycles. The number of carbonyl (C=O) groups excluding carboxylic acids is 2. The van der Waals surface area contributed by atoms with Gasteiger partial charge in [-0.15, -0.1) is 0 Å². The summed E-state index contributed by atoms with van der Waals surface area (Å²) in [5.74, 6) is -0.735. The molecule has 1 aromatic carbocycles. The standard InChI is InChI=1S/C13H16BrNO3/c1-15(12(16)9-13(17)18-2)8-7-10-5-3-4-6-11(10)14/h3-6H,7-9H2,1-2H3. The summed E-state index contributed by atoms with van der Waals surface area (Å²) in [5, 5.41) is 0. The van der Waals surface area contributed by atoms with Crippen LogP contribution in [-0.4, -0.2) is 37.5 Å². The fourth-order valence-corrected chi connectivity index (χ4v) is 1.93. The Balaban J connectivity index is 2.46. The van der Waals surface area contributed by atoms with Crippen molar-refractivity contribution < 1.29 is 14.3 Å². The van der Waals surface area contributed by atoms with Gasteiger partial charge in [0.05, 0.1) is 7.11 Å². The van der Waals surface area contributed by atoms with Crippen molar-refractivity contribution in [2.75, 3.05) is 20.7 Å². The fraction of sp³-hybridized carbons (Fsp3) is 0.385. The molecule has 18 heavy (non-hydrogen) atoms. The van der Waals surface area contributed by atoms with Crippen LogP contribution in [0.2, 0.25) is 0 Å². The monoisotopic (exact) mass is 313 g/mol. The van der Waals surface area contributed by atoms with Gasteiger partial charge in [-0.3, -0.25) is 9.59 Å². The van der Waals surface area contributed by atoms with Crippen molar-refractivity contribution in [2.45, 2.75) is 12.8 Å². The number of ether oxygens (including phenoxy) is 1. The smallest absolute Gasteiger partial charge is 0.315 e. The molecule has 0 unspecified atom stereocenters. The molecule has 98 valence electrons. The maximum absolute atomic E-state index is 11.6. The zero-order valence-corrected chi connectivity index (χ0v) is 12.1. The average Bonchev–Trinajstić information content (AvgIpc) is 2.37. The van der Waals surface area contributed by atoms with Gasteiger partial charge in [0.2, 0.25) is 5.91 Å². The van der Waals surface area contributed by atoms with Crippen LogP contribution < -0.4 is 0 Å². The van der Waals surface area contributed by atoms with Gasteiger partial charge < -0.3 is 9.64 Å². The lowest BCUT2D eigenvalue weighted by molar-refractivity contribution is -0.146. The molecule has 0 aromatic heterocycles. The van der Waals surface area contributed by atoms with Gasteiger partial charge in [-0.05, 0) is 18.1 Å². The second-order valence-electron chi connectivity index (χ2n) is 3.91. The van der Waals surface area contributed by atoms with Crippen LogP contribution in [0.15, 0.2) is 28.7 Å². The summed E-state index contributed by atoms with van der Waals surface area (Å²) in [6.07, 6.45) is 0.536. The maximum atomic E-state index is 11.6. The van der Waals surface area contributed by atoms with Crippen molar-refractivity contribution >= 4 is 27.8 Å². The highest BCUT2D eigenvalue weighted by molar-refractivity contribution is 9.10. The minimum absolute atomic E-state index is 0.205. The van der Waals surface area contributed by atoms with Gasteiger partial charge in [0, 0.05) is 18.1 Å². The number of methoxy groups -OCH3 is 1. The van der Waals surface area contributed by atoms with E-state index in [2.05, 4.69) is 20.7 Å². The molecule has 0 radical (unpaired) electrons. The van der Waals surface area contributed by atoms with Crippen molar-refractivity contribution in [1.29, 1.82) is 0 Å². The van der Waals surface area contributed by atoms with Crippen LogP contribution in [0.4, 0.5) is 0 Å². The van der Waals surface area contributed by atoms with Crippen LogP contribution in [0.25, 0.3) is 0 Å². The number of esters is 1. The van der Waals surface area contributed by atoms with E-state index in [4.69, 9.17) is 0 Å². The van der Waals surface area contributed by atoms with Crippen LogP contribution in [0.1, 0.15) is 12.0 Å². The van der Waals surface area contributed by atoms with E-state index in [1.165, 1.54) is 12.0 Å². The SMILES string of the molecule is COC(=O)CC(=O)N(C)CCc1ccccc1Br. The lowest BCUT2D eigenvalue weighted by atomic mass is 10.1. The highest BCUT2D eigenvalue weighted by atomic mass is 79.9. The molecule has 1 aromatic rings. The van der Waals surface area contributed by atoms with E-state index < -0.39 is 5.97 Å². The normalized spacial score (nSPS) is 9.94. The fourth-order valence-electron chi connectivity index (χ4n) is 1.44. The molecule has 0 saturated heterocycles. The maximum Gasteiger partial charge on any atom is 0.315 e. The molecule has 5 heteroatoms. The summed E-state index contributed by atoms with van der Waals surface area (Å²) in [5.41, 5.74) is 1.13. The Morgan fingerprint density at radius 1 is 1.33 bits per heavy atom. The third kappa shape index (κ3) is 4.49. The lowest BCUT2D eigenvalue weighted by Crippen LogP contribution is -2.30. The van der Waals surface area contributed by atoms with E-state index in [9.17, 15) is 9.59 Å². The Morgan fingerprint density at radius 2 is 2.00 bits per heavy atom. The molecule has 0 saturated carbocycles. The quantitative estimate of drug-likeness (QED) is 0.617. The molecule has 4 nitrogen and oxygen atoms in total. The van der Waals surface area contributed by atoms with E-state index >= 15 is 0 Å². The van der Waals surface area contributed by atoms with Gasteiger partial charge in [0.1, 0.15) is 6.42 Å². The van der Waals surface area contributed by atoms with E-state index in [0.29, 0.717) is 6.54 Å². The van der Waals surface area contributed by atoms with Crippen LogP contribution in [-0.2, 0) is 20.7 Å². The number of amides is 1. The molecule has 0 heterocycles. The number of halogens is 1. The second kappa shape index (κ2) is 7.16. The molecular weight excluding hydrogens is 298 g/mol. The van der Waals surface area contributed by atoms with Gasteiger partial charge >= 0.3 is 5.97 Å². The largest absolute Gasteiger partial charge is 0.469 e. The van der Waals surface area contributed by atoms with Gasteiger partial charge in [0.15, 0.2) is 0 Å². The van der Waals surface area contributed by atoms with E-state index in [1.54, 1.807) is 7.05 Å². The third-order valence-corrected chi connectivity index (χ3v) is 3.40. The first kappa shape index (κ1) is 14.7.